The Morgan fingerprint density at radius 2 is 2.08 bits per heavy atom. The maximum Gasteiger partial charge on any atom is 0.325 e. The molecule has 0 aromatic heterocycles. The minimum Gasteiger partial charge on any atom is -0.320 e. The number of carbonyl (C=O) groups excluding carboxylic acids is 1. The maximum atomic E-state index is 14.8. The summed E-state index contributed by atoms with van der Waals surface area (Å²) in [4.78, 5) is 19.6. The van der Waals surface area contributed by atoms with Crippen molar-refractivity contribution in [3.63, 3.8) is 0 Å². The summed E-state index contributed by atoms with van der Waals surface area (Å²) in [5.41, 5.74) is -1.84. The normalized spacial score (nSPS) is 24.8. The number of carbonyl (C=O) groups is 1. The number of hydrogen-bond donors (Lipinski definition) is 0. The van der Waals surface area contributed by atoms with E-state index in [4.69, 9.17) is 0 Å². The van der Waals surface area contributed by atoms with E-state index in [1.165, 1.54) is 23.1 Å². The molecule has 1 aromatic carbocycles. The molecule has 0 radical (unpaired) electrons. The molecule has 1 unspecified atom stereocenters. The first kappa shape index (κ1) is 17.2. The zero-order valence-electron chi connectivity index (χ0n) is 14.4. The van der Waals surface area contributed by atoms with Crippen LogP contribution >= 0.6 is 0 Å². The molecule has 2 aliphatic rings. The van der Waals surface area contributed by atoms with Crippen molar-refractivity contribution in [2.24, 2.45) is 4.99 Å². The van der Waals surface area contributed by atoms with E-state index in [2.05, 4.69) is 16.8 Å². The summed E-state index contributed by atoms with van der Waals surface area (Å²) in [5, 5.41) is 0. The average Bonchev–Trinajstić information content (AvgIpc) is 2.77. The highest BCUT2D eigenvalue weighted by molar-refractivity contribution is 5.82. The van der Waals surface area contributed by atoms with E-state index in [-0.39, 0.29) is 18.0 Å². The zero-order chi connectivity index (χ0) is 18.2. The van der Waals surface area contributed by atoms with Crippen LogP contribution < -0.4 is 0 Å². The minimum atomic E-state index is -1.93. The summed E-state index contributed by atoms with van der Waals surface area (Å²) in [5.74, 6) is 5.15. The molecule has 1 fully saturated rings. The van der Waals surface area contributed by atoms with Gasteiger partial charge in [0.1, 0.15) is 11.6 Å². The molecule has 0 saturated carbocycles. The predicted molar refractivity (Wildman–Crippen MR) is 92.3 cm³/mol. The molecule has 2 heterocycles. The number of allylic oxidation sites excluding steroid dienone is 1. The molecule has 0 spiro atoms. The predicted octanol–water partition coefficient (Wildman–Crippen LogP) is 3.35. The van der Waals surface area contributed by atoms with Gasteiger partial charge in [0, 0.05) is 19.0 Å². The summed E-state index contributed by atoms with van der Waals surface area (Å²) < 4.78 is 27.9. The van der Waals surface area contributed by atoms with Crippen molar-refractivity contribution >= 4 is 12.2 Å². The number of hydrogen-bond acceptors (Lipinski definition) is 2. The number of aliphatic imine (C=N–C) groups is 1. The number of amides is 2. The van der Waals surface area contributed by atoms with Crippen LogP contribution in [0.1, 0.15) is 25.8 Å². The van der Waals surface area contributed by atoms with E-state index in [9.17, 15) is 13.6 Å². The van der Waals surface area contributed by atoms with Crippen LogP contribution in [0.25, 0.3) is 0 Å². The Labute approximate surface area is 145 Å². The van der Waals surface area contributed by atoms with Gasteiger partial charge in [0.05, 0.1) is 18.3 Å². The maximum absolute atomic E-state index is 14.8. The van der Waals surface area contributed by atoms with Gasteiger partial charge in [-0.3, -0.25) is 4.90 Å². The lowest BCUT2D eigenvalue weighted by Crippen LogP contribution is -2.38. The number of urea groups is 1. The number of likely N-dealkylation sites (N-methyl/N-ethyl adjacent to an activating group) is 1. The quantitative estimate of drug-likeness (QED) is 0.721. The Bertz CT molecular complexity index is 835. The topological polar surface area (TPSA) is 35.9 Å². The standard InChI is InChI=1S/C19H19F2N3O/c1-18(2)13-24(17(25)23(18)3)16-8-10-19(21,12-22-16)9-7-14-5-4-6-15(20)11-14/h4-6,8,11-12H,10,13H2,1-3H3. The van der Waals surface area contributed by atoms with Crippen molar-refractivity contribution in [3.05, 3.63) is 47.5 Å². The third-order valence-corrected chi connectivity index (χ3v) is 4.47. The first-order valence-electron chi connectivity index (χ1n) is 7.99. The second-order valence-electron chi connectivity index (χ2n) is 6.89. The highest BCUT2D eigenvalue weighted by atomic mass is 19.1. The third kappa shape index (κ3) is 3.41. The monoisotopic (exact) mass is 343 g/mol. The lowest BCUT2D eigenvalue weighted by atomic mass is 10.0. The third-order valence-electron chi connectivity index (χ3n) is 4.47. The molecule has 6 heteroatoms. The van der Waals surface area contributed by atoms with Gasteiger partial charge in [0.25, 0.3) is 0 Å². The van der Waals surface area contributed by atoms with Crippen LogP contribution in [0.4, 0.5) is 13.6 Å². The van der Waals surface area contributed by atoms with Crippen molar-refractivity contribution in [2.45, 2.75) is 31.5 Å². The second kappa shape index (κ2) is 5.99. The molecular formula is C19H19F2N3O. The number of benzene rings is 1. The van der Waals surface area contributed by atoms with E-state index in [0.717, 1.165) is 6.21 Å². The Morgan fingerprint density at radius 3 is 2.64 bits per heavy atom. The Morgan fingerprint density at radius 1 is 1.32 bits per heavy atom. The van der Waals surface area contributed by atoms with Crippen molar-refractivity contribution in [2.75, 3.05) is 13.6 Å². The average molecular weight is 343 g/mol. The van der Waals surface area contributed by atoms with E-state index in [0.29, 0.717) is 17.9 Å². The molecule has 0 N–H and O–H groups in total. The number of alkyl halides is 1. The fraction of sp³-hybridized carbons (Fsp3) is 0.368. The molecule has 1 saturated heterocycles. The Kier molecular flexibility index (Phi) is 4.11. The van der Waals surface area contributed by atoms with Gasteiger partial charge in [-0.15, -0.1) is 0 Å². The van der Waals surface area contributed by atoms with E-state index >= 15 is 0 Å². The first-order chi connectivity index (χ1) is 11.7. The molecule has 0 aliphatic carbocycles. The van der Waals surface area contributed by atoms with Gasteiger partial charge in [0.15, 0.2) is 0 Å². The summed E-state index contributed by atoms with van der Waals surface area (Å²) in [7, 11) is 1.74. The molecular weight excluding hydrogens is 324 g/mol. The largest absolute Gasteiger partial charge is 0.325 e. The highest BCUT2D eigenvalue weighted by Crippen LogP contribution is 2.30. The van der Waals surface area contributed by atoms with Crippen LogP contribution in [0.15, 0.2) is 41.2 Å². The molecule has 3 rings (SSSR count). The highest BCUT2D eigenvalue weighted by Gasteiger charge is 2.43. The fourth-order valence-electron chi connectivity index (χ4n) is 2.70. The van der Waals surface area contributed by atoms with Crippen LogP contribution in [-0.2, 0) is 0 Å². The van der Waals surface area contributed by atoms with Gasteiger partial charge in [-0.1, -0.05) is 17.9 Å². The first-order valence-corrected chi connectivity index (χ1v) is 7.99. The summed E-state index contributed by atoms with van der Waals surface area (Å²) in [6.07, 6.45) is 2.68. The Hall–Kier alpha value is -2.68. The number of halogens is 2. The van der Waals surface area contributed by atoms with Gasteiger partial charge in [0.2, 0.25) is 5.67 Å². The van der Waals surface area contributed by atoms with Gasteiger partial charge >= 0.3 is 6.03 Å². The number of rotatable bonds is 1. The fourth-order valence-corrected chi connectivity index (χ4v) is 2.70. The van der Waals surface area contributed by atoms with Crippen molar-refractivity contribution in [3.8, 4) is 11.8 Å². The van der Waals surface area contributed by atoms with Gasteiger partial charge in [-0.2, -0.15) is 0 Å². The molecule has 0 bridgehead atoms. The van der Waals surface area contributed by atoms with Gasteiger partial charge in [-0.05, 0) is 38.1 Å². The lowest BCUT2D eigenvalue weighted by molar-refractivity contribution is 0.190. The van der Waals surface area contributed by atoms with Crippen LogP contribution in [0.5, 0.6) is 0 Å². The van der Waals surface area contributed by atoms with E-state index in [1.807, 2.05) is 13.8 Å². The van der Waals surface area contributed by atoms with Crippen LogP contribution in [0.2, 0.25) is 0 Å². The number of nitrogens with zero attached hydrogens (tertiary/aromatic N) is 3. The smallest absolute Gasteiger partial charge is 0.320 e. The van der Waals surface area contributed by atoms with Crippen molar-refractivity contribution < 1.29 is 13.6 Å². The molecule has 1 aromatic rings. The summed E-state index contributed by atoms with van der Waals surface area (Å²) >= 11 is 0. The molecule has 1 atom stereocenters. The molecule has 130 valence electrons. The van der Waals surface area contributed by atoms with E-state index < -0.39 is 11.5 Å². The minimum absolute atomic E-state index is 0.0118. The Balaban J connectivity index is 1.75. The summed E-state index contributed by atoms with van der Waals surface area (Å²) in [6, 6.07) is 5.53. The molecule has 2 amide bonds. The van der Waals surface area contributed by atoms with E-state index in [1.54, 1.807) is 24.1 Å². The molecule has 4 nitrogen and oxygen atoms in total. The SMILES string of the molecule is CN1C(=O)N(C2=CCC(F)(C#Cc3cccc(F)c3)C=N2)CC1(C)C. The van der Waals surface area contributed by atoms with Crippen LogP contribution in [0.3, 0.4) is 0 Å². The molecule has 25 heavy (non-hydrogen) atoms. The van der Waals surface area contributed by atoms with Gasteiger partial charge < -0.3 is 4.90 Å². The van der Waals surface area contributed by atoms with Crippen molar-refractivity contribution in [1.82, 2.24) is 9.80 Å². The van der Waals surface area contributed by atoms with Crippen LogP contribution in [0, 0.1) is 17.7 Å². The van der Waals surface area contributed by atoms with Crippen LogP contribution in [-0.4, -0.2) is 46.8 Å². The second-order valence-corrected chi connectivity index (χ2v) is 6.89. The van der Waals surface area contributed by atoms with Gasteiger partial charge in [-0.25, -0.2) is 18.6 Å². The van der Waals surface area contributed by atoms with Crippen molar-refractivity contribution in [1.29, 1.82) is 0 Å². The zero-order valence-corrected chi connectivity index (χ0v) is 14.4. The summed E-state index contributed by atoms with van der Waals surface area (Å²) in [6.45, 7) is 4.41. The molecule has 2 aliphatic heterocycles. The lowest BCUT2D eigenvalue weighted by Gasteiger charge is -2.24.